The highest BCUT2D eigenvalue weighted by atomic mass is 16.6. The van der Waals surface area contributed by atoms with Gasteiger partial charge in [-0.25, -0.2) is 4.79 Å². The molecule has 29 heavy (non-hydrogen) atoms. The Kier molecular flexibility index (Phi) is 7.89. The van der Waals surface area contributed by atoms with Crippen LogP contribution in [0.3, 0.4) is 0 Å². The van der Waals surface area contributed by atoms with Gasteiger partial charge in [0.05, 0.1) is 7.11 Å². The summed E-state index contributed by atoms with van der Waals surface area (Å²) in [4.78, 5) is 26.0. The fourth-order valence-corrected chi connectivity index (χ4v) is 3.24. The molecular weight excluding hydrogens is 378 g/mol. The van der Waals surface area contributed by atoms with E-state index in [1.54, 1.807) is 6.07 Å². The Labute approximate surface area is 172 Å². The number of carbonyl (C=O) groups is 2. The number of rotatable bonds is 8. The van der Waals surface area contributed by atoms with Gasteiger partial charge in [-0.3, -0.25) is 9.69 Å². The Morgan fingerprint density at radius 1 is 1.38 bits per heavy atom. The molecule has 1 aliphatic rings. The molecule has 0 saturated carbocycles. The Balaban J connectivity index is 1.75. The predicted octanol–water partition coefficient (Wildman–Crippen LogP) is 2.57. The molecule has 2 rings (SSSR count). The van der Waals surface area contributed by atoms with Crippen molar-refractivity contribution in [3.05, 3.63) is 11.8 Å². The molecule has 1 N–H and O–H groups in total. The number of alkyl carbamates (subject to hydrolysis) is 1. The molecule has 0 radical (unpaired) electrons. The largest absolute Gasteiger partial charge is 0.474 e. The molecule has 1 amide bonds. The van der Waals surface area contributed by atoms with Crippen molar-refractivity contribution in [2.75, 3.05) is 33.4 Å². The lowest BCUT2D eigenvalue weighted by Crippen LogP contribution is -2.40. The van der Waals surface area contributed by atoms with E-state index in [2.05, 4.69) is 15.4 Å². The zero-order valence-electron chi connectivity index (χ0n) is 18.2. The molecule has 2 atom stereocenters. The number of amides is 1. The fraction of sp³-hybridized carbons (Fsp3) is 0.750. The van der Waals surface area contributed by atoms with Crippen LogP contribution in [0.1, 0.15) is 52.7 Å². The van der Waals surface area contributed by atoms with Crippen LogP contribution in [0, 0.1) is 5.92 Å². The van der Waals surface area contributed by atoms with Crippen LogP contribution in [0.4, 0.5) is 4.79 Å². The van der Waals surface area contributed by atoms with Crippen LogP contribution in [0.5, 0.6) is 5.88 Å². The molecule has 0 bridgehead atoms. The summed E-state index contributed by atoms with van der Waals surface area (Å²) in [6.07, 6.45) is 0.476. The highest BCUT2D eigenvalue weighted by Crippen LogP contribution is 2.28. The lowest BCUT2D eigenvalue weighted by Gasteiger charge is -2.22. The first-order valence-corrected chi connectivity index (χ1v) is 9.98. The van der Waals surface area contributed by atoms with Crippen molar-refractivity contribution in [3.63, 3.8) is 0 Å². The minimum atomic E-state index is -0.511. The lowest BCUT2D eigenvalue weighted by molar-refractivity contribution is -0.144. The molecule has 2 heterocycles. The van der Waals surface area contributed by atoms with Gasteiger partial charge < -0.3 is 24.1 Å². The summed E-state index contributed by atoms with van der Waals surface area (Å²) in [6, 6.07) is 1.70. The van der Waals surface area contributed by atoms with Crippen molar-refractivity contribution in [2.45, 2.75) is 58.6 Å². The molecule has 0 spiro atoms. The fourth-order valence-electron chi connectivity index (χ4n) is 3.24. The van der Waals surface area contributed by atoms with E-state index in [0.717, 1.165) is 19.5 Å². The number of nitrogens with one attached hydrogen (secondary N) is 1. The zero-order valence-corrected chi connectivity index (χ0v) is 18.2. The summed E-state index contributed by atoms with van der Waals surface area (Å²) >= 11 is 0. The highest BCUT2D eigenvalue weighted by molar-refractivity contribution is 5.77. The number of nitrogens with zero attached hydrogens (tertiary/aromatic N) is 2. The molecular formula is C20H33N3O6. The Morgan fingerprint density at radius 3 is 2.72 bits per heavy atom. The van der Waals surface area contributed by atoms with Crippen LogP contribution in [-0.4, -0.2) is 67.1 Å². The molecule has 9 nitrogen and oxygen atoms in total. The number of esters is 1. The summed E-state index contributed by atoms with van der Waals surface area (Å²) < 4.78 is 21.1. The maximum Gasteiger partial charge on any atom is 0.407 e. The lowest BCUT2D eigenvalue weighted by atomic mass is 9.93. The van der Waals surface area contributed by atoms with Crippen molar-refractivity contribution in [1.29, 1.82) is 0 Å². The molecule has 1 saturated heterocycles. The van der Waals surface area contributed by atoms with Crippen molar-refractivity contribution >= 4 is 12.1 Å². The first-order chi connectivity index (χ1) is 13.6. The van der Waals surface area contributed by atoms with Crippen LogP contribution in [0.25, 0.3) is 0 Å². The van der Waals surface area contributed by atoms with Gasteiger partial charge in [-0.15, -0.1) is 0 Å². The minimum absolute atomic E-state index is 0.0160. The van der Waals surface area contributed by atoms with Crippen LogP contribution in [0.15, 0.2) is 10.6 Å². The standard InChI is InChI=1S/C20H33N3O6/c1-13(2)17(18(24)26-6)15-11-16(22-29-15)27-10-9-23-8-7-14(12-23)21-19(25)28-20(3,4)5/h11,13-14,17H,7-10,12H2,1-6H3,(H,21,25). The molecule has 0 aliphatic carbocycles. The van der Waals surface area contributed by atoms with E-state index in [0.29, 0.717) is 24.8 Å². The molecule has 0 aromatic carbocycles. The number of hydrogen-bond acceptors (Lipinski definition) is 8. The number of ether oxygens (including phenoxy) is 3. The van der Waals surface area contributed by atoms with E-state index in [-0.39, 0.29) is 24.0 Å². The normalized spacial score (nSPS) is 18.5. The van der Waals surface area contributed by atoms with Crippen LogP contribution in [-0.2, 0) is 14.3 Å². The van der Waals surface area contributed by atoms with Gasteiger partial charge in [0, 0.05) is 31.7 Å². The SMILES string of the molecule is COC(=O)C(c1cc(OCCN2CCC(NC(=O)OC(C)(C)C)C2)no1)C(C)C. The van der Waals surface area contributed by atoms with Gasteiger partial charge in [0.1, 0.15) is 18.1 Å². The van der Waals surface area contributed by atoms with E-state index >= 15 is 0 Å². The van der Waals surface area contributed by atoms with Gasteiger partial charge in [-0.05, 0) is 38.3 Å². The van der Waals surface area contributed by atoms with E-state index in [4.69, 9.17) is 18.7 Å². The van der Waals surface area contributed by atoms with Gasteiger partial charge in [0.15, 0.2) is 5.76 Å². The second-order valence-corrected chi connectivity index (χ2v) is 8.59. The maximum absolute atomic E-state index is 11.9. The summed E-state index contributed by atoms with van der Waals surface area (Å²) in [6.45, 7) is 12.1. The molecule has 1 aliphatic heterocycles. The molecule has 2 unspecified atom stereocenters. The average molecular weight is 411 g/mol. The third-order valence-corrected chi connectivity index (χ3v) is 4.59. The first kappa shape index (κ1) is 23.0. The van der Waals surface area contributed by atoms with E-state index < -0.39 is 11.5 Å². The number of methoxy groups -OCH3 is 1. The second-order valence-electron chi connectivity index (χ2n) is 8.59. The van der Waals surface area contributed by atoms with E-state index in [1.807, 2.05) is 34.6 Å². The molecule has 164 valence electrons. The molecule has 1 aromatic rings. The summed E-state index contributed by atoms with van der Waals surface area (Å²) in [5.41, 5.74) is -0.505. The predicted molar refractivity (Wildman–Crippen MR) is 106 cm³/mol. The Hall–Kier alpha value is -2.29. The topological polar surface area (TPSA) is 103 Å². The Bertz CT molecular complexity index is 682. The minimum Gasteiger partial charge on any atom is -0.474 e. The van der Waals surface area contributed by atoms with Crippen molar-refractivity contribution < 1.29 is 28.3 Å². The third-order valence-electron chi connectivity index (χ3n) is 4.59. The van der Waals surface area contributed by atoms with Crippen LogP contribution in [0.2, 0.25) is 0 Å². The summed E-state index contributed by atoms with van der Waals surface area (Å²) in [5, 5.41) is 6.79. The van der Waals surface area contributed by atoms with E-state index in [1.165, 1.54) is 7.11 Å². The second kappa shape index (κ2) is 9.96. The van der Waals surface area contributed by atoms with Gasteiger partial charge in [0.25, 0.3) is 5.88 Å². The van der Waals surface area contributed by atoms with Crippen molar-refractivity contribution in [3.8, 4) is 5.88 Å². The Morgan fingerprint density at radius 2 is 2.10 bits per heavy atom. The quantitative estimate of drug-likeness (QED) is 0.651. The third kappa shape index (κ3) is 7.23. The monoisotopic (exact) mass is 411 g/mol. The molecule has 9 heteroatoms. The van der Waals surface area contributed by atoms with Crippen molar-refractivity contribution in [1.82, 2.24) is 15.4 Å². The van der Waals surface area contributed by atoms with Crippen LogP contribution < -0.4 is 10.1 Å². The van der Waals surface area contributed by atoms with E-state index in [9.17, 15) is 9.59 Å². The van der Waals surface area contributed by atoms with Crippen LogP contribution >= 0.6 is 0 Å². The summed E-state index contributed by atoms with van der Waals surface area (Å²) in [7, 11) is 1.35. The number of carbonyl (C=O) groups excluding carboxylic acids is 2. The molecule has 1 fully saturated rings. The van der Waals surface area contributed by atoms with Gasteiger partial charge in [-0.2, -0.15) is 0 Å². The van der Waals surface area contributed by atoms with Crippen molar-refractivity contribution in [2.24, 2.45) is 5.92 Å². The average Bonchev–Trinajstić information content (AvgIpc) is 3.23. The first-order valence-electron chi connectivity index (χ1n) is 9.98. The number of aromatic nitrogens is 1. The zero-order chi connectivity index (χ0) is 21.6. The highest BCUT2D eigenvalue weighted by Gasteiger charge is 2.30. The molecule has 1 aromatic heterocycles. The number of hydrogen-bond donors (Lipinski definition) is 1. The smallest absolute Gasteiger partial charge is 0.407 e. The summed E-state index contributed by atoms with van der Waals surface area (Å²) in [5.74, 6) is -0.0736. The maximum atomic E-state index is 11.9. The van der Waals surface area contributed by atoms with Gasteiger partial charge in [-0.1, -0.05) is 13.8 Å². The van der Waals surface area contributed by atoms with Gasteiger partial charge in [0.2, 0.25) is 0 Å². The van der Waals surface area contributed by atoms with Gasteiger partial charge >= 0.3 is 12.1 Å². The number of likely N-dealkylation sites (tertiary alicyclic amines) is 1.